The first kappa shape index (κ1) is 20.2. The van der Waals surface area contributed by atoms with Crippen molar-refractivity contribution in [3.63, 3.8) is 0 Å². The highest BCUT2D eigenvalue weighted by atomic mass is 35.5. The molecule has 1 amide bonds. The molecule has 1 heterocycles. The molecule has 24 heavy (non-hydrogen) atoms. The number of hydrogen-bond acceptors (Lipinski definition) is 5. The van der Waals surface area contributed by atoms with Crippen molar-refractivity contribution in [3.05, 3.63) is 34.4 Å². The normalized spacial score (nSPS) is 17.1. The van der Waals surface area contributed by atoms with E-state index in [1.807, 2.05) is 11.9 Å². The van der Waals surface area contributed by atoms with Gasteiger partial charge in [0.2, 0.25) is 5.91 Å². The average molecular weight is 357 g/mol. The minimum Gasteiger partial charge on any atom is -0.360 e. The van der Waals surface area contributed by atoms with Crippen molar-refractivity contribution in [2.75, 3.05) is 45.2 Å². The Bertz CT molecular complexity index is 568. The van der Waals surface area contributed by atoms with Gasteiger partial charge < -0.3 is 15.1 Å². The zero-order chi connectivity index (χ0) is 16.8. The van der Waals surface area contributed by atoms with Gasteiger partial charge in [-0.3, -0.25) is 14.9 Å². The highest BCUT2D eigenvalue weighted by Gasteiger charge is 2.25. The number of carbonyl (C=O) groups excluding carboxylic acids is 1. The summed E-state index contributed by atoms with van der Waals surface area (Å²) in [5, 5.41) is 14.3. The van der Waals surface area contributed by atoms with E-state index in [0.717, 1.165) is 32.5 Å². The Morgan fingerprint density at radius 2 is 2.17 bits per heavy atom. The highest BCUT2D eigenvalue weighted by Crippen LogP contribution is 2.26. The maximum Gasteiger partial charge on any atom is 0.292 e. The highest BCUT2D eigenvalue weighted by molar-refractivity contribution is 5.85. The van der Waals surface area contributed by atoms with Gasteiger partial charge in [-0.05, 0) is 38.4 Å². The molecule has 1 atom stereocenters. The smallest absolute Gasteiger partial charge is 0.292 e. The number of para-hydroxylation sites is 2. The lowest BCUT2D eigenvalue weighted by molar-refractivity contribution is -0.384. The average Bonchev–Trinajstić information content (AvgIpc) is 2.55. The van der Waals surface area contributed by atoms with E-state index < -0.39 is 4.92 Å². The van der Waals surface area contributed by atoms with Crippen LogP contribution in [0.1, 0.15) is 12.8 Å². The van der Waals surface area contributed by atoms with Gasteiger partial charge in [0.1, 0.15) is 5.69 Å². The molecule has 7 nitrogen and oxygen atoms in total. The molecule has 0 radical (unpaired) electrons. The third-order valence-corrected chi connectivity index (χ3v) is 4.23. The number of piperidine rings is 1. The molecule has 1 aromatic rings. The summed E-state index contributed by atoms with van der Waals surface area (Å²) in [6.45, 7) is 2.58. The third kappa shape index (κ3) is 5.07. The number of amides is 1. The minimum absolute atomic E-state index is 0. The fourth-order valence-electron chi connectivity index (χ4n) is 3.08. The van der Waals surface area contributed by atoms with Crippen LogP contribution in [0.5, 0.6) is 0 Å². The molecule has 1 saturated heterocycles. The number of nitrogens with one attached hydrogen (secondary N) is 1. The standard InChI is InChI=1S/C16H24N4O3.ClH/c1-17-10-13-6-5-9-19(11-13)16(21)12-18(2)14-7-3-4-8-15(14)20(22)23;/h3-4,7-8,13,17H,5-6,9-12H2,1-2H3;1H. The van der Waals surface area contributed by atoms with Crippen LogP contribution in [0, 0.1) is 16.0 Å². The van der Waals surface area contributed by atoms with Crippen LogP contribution in [0.25, 0.3) is 0 Å². The van der Waals surface area contributed by atoms with E-state index in [2.05, 4.69) is 5.32 Å². The Morgan fingerprint density at radius 1 is 1.46 bits per heavy atom. The predicted molar refractivity (Wildman–Crippen MR) is 96.8 cm³/mol. The summed E-state index contributed by atoms with van der Waals surface area (Å²) >= 11 is 0. The second-order valence-corrected chi connectivity index (χ2v) is 6.01. The maximum absolute atomic E-state index is 12.5. The summed E-state index contributed by atoms with van der Waals surface area (Å²) in [5.74, 6) is 0.500. The minimum atomic E-state index is -0.417. The predicted octanol–water partition coefficient (Wildman–Crippen LogP) is 1.91. The van der Waals surface area contributed by atoms with E-state index in [-0.39, 0.29) is 30.5 Å². The lowest BCUT2D eigenvalue weighted by Gasteiger charge is -2.34. The number of likely N-dealkylation sites (tertiary alicyclic amines) is 1. The van der Waals surface area contributed by atoms with Crippen LogP contribution >= 0.6 is 12.4 Å². The molecule has 0 spiro atoms. The molecule has 1 aromatic carbocycles. The molecule has 1 aliphatic heterocycles. The Labute approximate surface area is 148 Å². The first-order valence-electron chi connectivity index (χ1n) is 7.90. The van der Waals surface area contributed by atoms with Crippen molar-refractivity contribution in [1.82, 2.24) is 10.2 Å². The zero-order valence-corrected chi connectivity index (χ0v) is 14.9. The molecule has 0 aromatic heterocycles. The van der Waals surface area contributed by atoms with Crippen molar-refractivity contribution in [2.45, 2.75) is 12.8 Å². The van der Waals surface area contributed by atoms with Gasteiger partial charge in [0.05, 0.1) is 11.5 Å². The number of likely N-dealkylation sites (N-methyl/N-ethyl adjacent to an activating group) is 1. The monoisotopic (exact) mass is 356 g/mol. The lowest BCUT2D eigenvalue weighted by Crippen LogP contribution is -2.46. The molecule has 1 aliphatic rings. The van der Waals surface area contributed by atoms with E-state index in [1.54, 1.807) is 30.1 Å². The van der Waals surface area contributed by atoms with E-state index in [0.29, 0.717) is 11.6 Å². The molecular weight excluding hydrogens is 332 g/mol. The summed E-state index contributed by atoms with van der Waals surface area (Å²) in [4.78, 5) is 26.7. The Kier molecular flexibility index (Phi) is 7.94. The molecule has 1 unspecified atom stereocenters. The van der Waals surface area contributed by atoms with Gasteiger partial charge in [0, 0.05) is 26.2 Å². The SMILES string of the molecule is CNCC1CCCN(C(=O)CN(C)c2ccccc2[N+](=O)[O-])C1.Cl. The number of anilines is 1. The van der Waals surface area contributed by atoms with E-state index in [9.17, 15) is 14.9 Å². The molecular formula is C16H25ClN4O3. The molecule has 1 fully saturated rings. The van der Waals surface area contributed by atoms with Gasteiger partial charge in [0.15, 0.2) is 0 Å². The van der Waals surface area contributed by atoms with Gasteiger partial charge in [-0.2, -0.15) is 0 Å². The second-order valence-electron chi connectivity index (χ2n) is 6.01. The van der Waals surface area contributed by atoms with Crippen LogP contribution in [-0.2, 0) is 4.79 Å². The number of rotatable bonds is 6. The molecule has 0 saturated carbocycles. The van der Waals surface area contributed by atoms with Gasteiger partial charge in [-0.15, -0.1) is 12.4 Å². The van der Waals surface area contributed by atoms with Gasteiger partial charge in [-0.25, -0.2) is 0 Å². The van der Waals surface area contributed by atoms with Crippen molar-refractivity contribution >= 4 is 29.7 Å². The van der Waals surface area contributed by atoms with E-state index >= 15 is 0 Å². The molecule has 0 bridgehead atoms. The largest absolute Gasteiger partial charge is 0.360 e. The first-order chi connectivity index (χ1) is 11.0. The summed E-state index contributed by atoms with van der Waals surface area (Å²) in [6.07, 6.45) is 2.14. The van der Waals surface area contributed by atoms with Crippen molar-refractivity contribution in [1.29, 1.82) is 0 Å². The Hall–Kier alpha value is -1.86. The van der Waals surface area contributed by atoms with Gasteiger partial charge in [0.25, 0.3) is 5.69 Å². The van der Waals surface area contributed by atoms with Crippen LogP contribution in [0.2, 0.25) is 0 Å². The van der Waals surface area contributed by atoms with Crippen LogP contribution in [0.4, 0.5) is 11.4 Å². The number of nitrogens with zero attached hydrogens (tertiary/aromatic N) is 3. The lowest BCUT2D eigenvalue weighted by atomic mass is 9.98. The summed E-state index contributed by atoms with van der Waals surface area (Å²) in [7, 11) is 3.64. The first-order valence-corrected chi connectivity index (χ1v) is 7.90. The molecule has 8 heteroatoms. The number of nitro benzene ring substituents is 1. The van der Waals surface area contributed by atoms with Crippen LogP contribution in [0.15, 0.2) is 24.3 Å². The van der Waals surface area contributed by atoms with Gasteiger partial charge >= 0.3 is 0 Å². The van der Waals surface area contributed by atoms with Crippen molar-refractivity contribution in [3.8, 4) is 0 Å². The number of nitro groups is 1. The van der Waals surface area contributed by atoms with Crippen LogP contribution in [0.3, 0.4) is 0 Å². The fraction of sp³-hybridized carbons (Fsp3) is 0.562. The summed E-state index contributed by atoms with van der Waals surface area (Å²) in [5.41, 5.74) is 0.490. The number of hydrogen-bond donors (Lipinski definition) is 1. The Balaban J connectivity index is 0.00000288. The van der Waals surface area contributed by atoms with Crippen LogP contribution < -0.4 is 10.2 Å². The third-order valence-electron chi connectivity index (χ3n) is 4.23. The van der Waals surface area contributed by atoms with Crippen molar-refractivity contribution in [2.24, 2.45) is 5.92 Å². The number of carbonyl (C=O) groups is 1. The molecule has 134 valence electrons. The van der Waals surface area contributed by atoms with E-state index in [4.69, 9.17) is 0 Å². The van der Waals surface area contributed by atoms with Gasteiger partial charge in [-0.1, -0.05) is 12.1 Å². The van der Waals surface area contributed by atoms with Crippen LogP contribution in [-0.4, -0.2) is 56.0 Å². The fourth-order valence-corrected chi connectivity index (χ4v) is 3.08. The summed E-state index contributed by atoms with van der Waals surface area (Å²) < 4.78 is 0. The Morgan fingerprint density at radius 3 is 2.83 bits per heavy atom. The number of halogens is 1. The quantitative estimate of drug-likeness (QED) is 0.622. The summed E-state index contributed by atoms with van der Waals surface area (Å²) in [6, 6.07) is 6.50. The second kappa shape index (κ2) is 9.44. The maximum atomic E-state index is 12.5. The molecule has 2 rings (SSSR count). The number of benzene rings is 1. The van der Waals surface area contributed by atoms with Crippen molar-refractivity contribution < 1.29 is 9.72 Å². The molecule has 0 aliphatic carbocycles. The van der Waals surface area contributed by atoms with E-state index in [1.165, 1.54) is 6.07 Å². The zero-order valence-electron chi connectivity index (χ0n) is 14.1. The topological polar surface area (TPSA) is 78.7 Å². The molecule has 1 N–H and O–H groups in total.